The van der Waals surface area contributed by atoms with Crippen LogP contribution in [0.3, 0.4) is 0 Å². The van der Waals surface area contributed by atoms with Gasteiger partial charge in [0.25, 0.3) is 0 Å². The molecule has 1 unspecified atom stereocenters. The van der Waals surface area contributed by atoms with Crippen molar-refractivity contribution in [3.05, 3.63) is 58.4 Å². The lowest BCUT2D eigenvalue weighted by molar-refractivity contribution is 0.246. The van der Waals surface area contributed by atoms with Crippen molar-refractivity contribution in [2.45, 2.75) is 12.5 Å². The zero-order valence-corrected chi connectivity index (χ0v) is 11.6. The summed E-state index contributed by atoms with van der Waals surface area (Å²) in [5, 5.41) is 3.29. The highest BCUT2D eigenvalue weighted by molar-refractivity contribution is 6.30. The minimum atomic E-state index is -1.22. The highest BCUT2D eigenvalue weighted by Gasteiger charge is 2.23. The van der Waals surface area contributed by atoms with Crippen LogP contribution in [0.25, 0.3) is 0 Å². The Labute approximate surface area is 124 Å². The molecule has 1 atom stereocenters. The predicted molar refractivity (Wildman–Crippen MR) is 74.4 cm³/mol. The maximum Gasteiger partial charge on any atom is 0.182 e. The van der Waals surface area contributed by atoms with Crippen LogP contribution in [0, 0.1) is 17.5 Å². The minimum absolute atomic E-state index is 0.218. The van der Waals surface area contributed by atoms with Crippen molar-refractivity contribution in [3.8, 4) is 5.75 Å². The van der Waals surface area contributed by atoms with Crippen molar-refractivity contribution in [1.82, 2.24) is 0 Å². The molecule has 0 saturated carbocycles. The van der Waals surface area contributed by atoms with Crippen molar-refractivity contribution in [1.29, 1.82) is 0 Å². The SMILES string of the molecule is Fc1cc(F)c(F)c(NCC2Cc3cc(Cl)ccc3O2)c1. The fraction of sp³-hybridized carbons (Fsp3) is 0.200. The van der Waals surface area contributed by atoms with Crippen molar-refractivity contribution in [3.63, 3.8) is 0 Å². The van der Waals surface area contributed by atoms with Crippen molar-refractivity contribution >= 4 is 17.3 Å². The molecule has 0 aliphatic carbocycles. The van der Waals surface area contributed by atoms with Crippen LogP contribution in [0.5, 0.6) is 5.75 Å². The normalized spacial score (nSPS) is 16.5. The van der Waals surface area contributed by atoms with E-state index in [4.69, 9.17) is 16.3 Å². The quantitative estimate of drug-likeness (QED) is 0.859. The Hall–Kier alpha value is -1.88. The molecule has 3 rings (SSSR count). The topological polar surface area (TPSA) is 21.3 Å². The molecule has 2 aromatic carbocycles. The molecule has 0 amide bonds. The second kappa shape index (κ2) is 5.48. The van der Waals surface area contributed by atoms with Crippen LogP contribution in [0.1, 0.15) is 5.56 Å². The summed E-state index contributed by atoms with van der Waals surface area (Å²) >= 11 is 5.90. The number of hydrogen-bond donors (Lipinski definition) is 1. The van der Waals surface area contributed by atoms with E-state index in [0.717, 1.165) is 17.4 Å². The molecule has 0 fully saturated rings. The van der Waals surface area contributed by atoms with E-state index in [1.807, 2.05) is 0 Å². The molecule has 0 radical (unpaired) electrons. The molecule has 6 heteroatoms. The van der Waals surface area contributed by atoms with E-state index < -0.39 is 17.5 Å². The van der Waals surface area contributed by atoms with Gasteiger partial charge in [-0.1, -0.05) is 11.6 Å². The van der Waals surface area contributed by atoms with E-state index in [1.54, 1.807) is 18.2 Å². The Kier molecular flexibility index (Phi) is 3.68. The van der Waals surface area contributed by atoms with Crippen LogP contribution in [-0.2, 0) is 6.42 Å². The van der Waals surface area contributed by atoms with Gasteiger partial charge in [-0.3, -0.25) is 0 Å². The minimum Gasteiger partial charge on any atom is -0.488 e. The maximum absolute atomic E-state index is 13.5. The van der Waals surface area contributed by atoms with Crippen LogP contribution in [0.2, 0.25) is 5.02 Å². The van der Waals surface area contributed by atoms with Crippen LogP contribution >= 0.6 is 11.6 Å². The molecule has 1 aliphatic heterocycles. The average molecular weight is 314 g/mol. The Morgan fingerprint density at radius 2 is 2.00 bits per heavy atom. The van der Waals surface area contributed by atoms with Gasteiger partial charge in [0, 0.05) is 23.6 Å². The van der Waals surface area contributed by atoms with E-state index >= 15 is 0 Å². The first kappa shape index (κ1) is 14.1. The third kappa shape index (κ3) is 2.93. The first-order chi connectivity index (χ1) is 10.0. The average Bonchev–Trinajstić information content (AvgIpc) is 2.83. The second-order valence-corrected chi connectivity index (χ2v) is 5.26. The molecule has 21 heavy (non-hydrogen) atoms. The van der Waals surface area contributed by atoms with Gasteiger partial charge in [-0.05, 0) is 23.8 Å². The van der Waals surface area contributed by atoms with E-state index in [-0.39, 0.29) is 18.3 Å². The predicted octanol–water partition coefficient (Wildman–Crippen LogP) is 4.17. The van der Waals surface area contributed by atoms with Crippen molar-refractivity contribution in [2.24, 2.45) is 0 Å². The number of rotatable bonds is 3. The molecular weight excluding hydrogens is 303 g/mol. The zero-order chi connectivity index (χ0) is 15.0. The summed E-state index contributed by atoms with van der Waals surface area (Å²) in [6, 6.07) is 6.71. The Morgan fingerprint density at radius 3 is 2.81 bits per heavy atom. The summed E-state index contributed by atoms with van der Waals surface area (Å²) < 4.78 is 45.3. The van der Waals surface area contributed by atoms with Gasteiger partial charge in [-0.2, -0.15) is 0 Å². The van der Waals surface area contributed by atoms with Gasteiger partial charge >= 0.3 is 0 Å². The Morgan fingerprint density at radius 1 is 1.19 bits per heavy atom. The zero-order valence-electron chi connectivity index (χ0n) is 10.8. The summed E-state index contributed by atoms with van der Waals surface area (Å²) in [7, 11) is 0. The lowest BCUT2D eigenvalue weighted by Crippen LogP contribution is -2.24. The number of nitrogens with one attached hydrogen (secondary N) is 1. The number of hydrogen-bond acceptors (Lipinski definition) is 2. The number of anilines is 1. The third-order valence-corrected chi connectivity index (χ3v) is 3.51. The molecule has 2 nitrogen and oxygen atoms in total. The van der Waals surface area contributed by atoms with Crippen LogP contribution in [0.4, 0.5) is 18.9 Å². The summed E-state index contributed by atoms with van der Waals surface area (Å²) in [5.74, 6) is -2.44. The largest absolute Gasteiger partial charge is 0.488 e. The maximum atomic E-state index is 13.5. The second-order valence-electron chi connectivity index (χ2n) is 4.83. The lowest BCUT2D eigenvalue weighted by Gasteiger charge is -2.13. The van der Waals surface area contributed by atoms with E-state index in [2.05, 4.69) is 5.32 Å². The van der Waals surface area contributed by atoms with Gasteiger partial charge in [0.05, 0.1) is 12.2 Å². The molecule has 1 heterocycles. The van der Waals surface area contributed by atoms with Crippen LogP contribution in [0.15, 0.2) is 30.3 Å². The molecule has 0 bridgehead atoms. The summed E-state index contributed by atoms with van der Waals surface area (Å²) in [6.07, 6.45) is 0.353. The smallest absolute Gasteiger partial charge is 0.182 e. The Balaban J connectivity index is 1.68. The third-order valence-electron chi connectivity index (χ3n) is 3.28. The van der Waals surface area contributed by atoms with E-state index in [0.29, 0.717) is 17.5 Å². The van der Waals surface area contributed by atoms with Gasteiger partial charge in [0.15, 0.2) is 11.6 Å². The monoisotopic (exact) mass is 313 g/mol. The number of ether oxygens (including phenoxy) is 1. The van der Waals surface area contributed by atoms with Gasteiger partial charge < -0.3 is 10.1 Å². The molecule has 1 N–H and O–H groups in total. The summed E-state index contributed by atoms with van der Waals surface area (Å²) in [6.45, 7) is 0.228. The van der Waals surface area contributed by atoms with Gasteiger partial charge in [0.1, 0.15) is 17.7 Å². The molecule has 0 spiro atoms. The van der Waals surface area contributed by atoms with Gasteiger partial charge in [0.2, 0.25) is 0 Å². The molecule has 0 saturated heterocycles. The number of halogens is 4. The van der Waals surface area contributed by atoms with Crippen LogP contribution in [-0.4, -0.2) is 12.6 Å². The highest BCUT2D eigenvalue weighted by Crippen LogP contribution is 2.31. The highest BCUT2D eigenvalue weighted by atomic mass is 35.5. The van der Waals surface area contributed by atoms with E-state index in [1.165, 1.54) is 0 Å². The molecule has 2 aromatic rings. The van der Waals surface area contributed by atoms with E-state index in [9.17, 15) is 13.2 Å². The van der Waals surface area contributed by atoms with Gasteiger partial charge in [-0.25, -0.2) is 13.2 Å². The molecule has 1 aliphatic rings. The Bertz CT molecular complexity index is 693. The molecule has 0 aromatic heterocycles. The fourth-order valence-corrected chi connectivity index (χ4v) is 2.51. The molecular formula is C15H11ClF3NO. The van der Waals surface area contributed by atoms with Gasteiger partial charge in [-0.15, -0.1) is 0 Å². The van der Waals surface area contributed by atoms with Crippen molar-refractivity contribution < 1.29 is 17.9 Å². The van der Waals surface area contributed by atoms with Crippen LogP contribution < -0.4 is 10.1 Å². The van der Waals surface area contributed by atoms with Crippen molar-refractivity contribution in [2.75, 3.05) is 11.9 Å². The first-order valence-corrected chi connectivity index (χ1v) is 6.74. The summed E-state index contributed by atoms with van der Waals surface area (Å²) in [4.78, 5) is 0. The first-order valence-electron chi connectivity index (χ1n) is 6.36. The molecule has 110 valence electrons. The summed E-state index contributed by atoms with van der Waals surface area (Å²) in [5.41, 5.74) is 0.741. The number of fused-ring (bicyclic) bond motifs is 1. The number of benzene rings is 2. The standard InChI is InChI=1S/C15H11ClF3NO/c16-9-1-2-14-8(3-9)4-11(21-14)7-20-13-6-10(17)5-12(18)15(13)19/h1-3,5-6,11,20H,4,7H2. The lowest BCUT2D eigenvalue weighted by atomic mass is 10.1. The fourth-order valence-electron chi connectivity index (χ4n) is 2.31.